The summed E-state index contributed by atoms with van der Waals surface area (Å²) in [4.78, 5) is 7.34. The number of nitrogens with zero attached hydrogens (tertiary/aromatic N) is 3. The average molecular weight is 418 g/mol. The lowest BCUT2D eigenvalue weighted by molar-refractivity contribution is -0.933. The second-order valence-corrected chi connectivity index (χ2v) is 8.59. The quantitative estimate of drug-likeness (QED) is 0.667. The molecule has 2 aliphatic rings. The Morgan fingerprint density at radius 3 is 2.66 bits per heavy atom. The average Bonchev–Trinajstić information content (AvgIpc) is 3.42. The Kier molecular flexibility index (Phi) is 4.70. The highest BCUT2D eigenvalue weighted by Crippen LogP contribution is 2.38. The Morgan fingerprint density at radius 1 is 1.24 bits per heavy atom. The smallest absolute Gasteiger partial charge is 0.235 e. The van der Waals surface area contributed by atoms with Gasteiger partial charge in [-0.25, -0.2) is 4.98 Å². The van der Waals surface area contributed by atoms with Crippen molar-refractivity contribution < 1.29 is 24.2 Å². The van der Waals surface area contributed by atoms with Crippen LogP contribution in [0.2, 0.25) is 0 Å². The first-order valence-electron chi connectivity index (χ1n) is 9.91. The summed E-state index contributed by atoms with van der Waals surface area (Å²) in [5, 5.41) is 15.3. The number of rotatable bonds is 4. The SMILES string of the molecule is COc1ccccc1[C@H](c1sc2nc(C)nn2c1O)[NH+]1CCC2(CC1)OCCO2. The molecule has 9 heteroatoms. The van der Waals surface area contributed by atoms with Gasteiger partial charge in [0.05, 0.1) is 51.8 Å². The first-order valence-corrected chi connectivity index (χ1v) is 10.7. The predicted molar refractivity (Wildman–Crippen MR) is 107 cm³/mol. The number of hydrogen-bond donors (Lipinski definition) is 2. The third kappa shape index (κ3) is 3.18. The van der Waals surface area contributed by atoms with Gasteiger partial charge in [-0.3, -0.25) is 0 Å². The van der Waals surface area contributed by atoms with Gasteiger partial charge < -0.3 is 24.2 Å². The van der Waals surface area contributed by atoms with Crippen LogP contribution in [0.15, 0.2) is 24.3 Å². The van der Waals surface area contributed by atoms with Gasteiger partial charge in [0.15, 0.2) is 11.8 Å². The number of methoxy groups -OCH3 is 1. The minimum Gasteiger partial charge on any atom is -0.496 e. The fourth-order valence-electron chi connectivity index (χ4n) is 4.51. The molecule has 2 aromatic heterocycles. The number of likely N-dealkylation sites (tertiary alicyclic amines) is 1. The maximum Gasteiger partial charge on any atom is 0.235 e. The van der Waals surface area contributed by atoms with Crippen LogP contribution in [0.1, 0.15) is 35.1 Å². The first kappa shape index (κ1) is 18.8. The van der Waals surface area contributed by atoms with Crippen molar-refractivity contribution in [3.05, 3.63) is 40.5 Å². The minimum absolute atomic E-state index is 0.0845. The van der Waals surface area contributed by atoms with Gasteiger partial charge in [-0.15, -0.1) is 5.10 Å². The highest BCUT2D eigenvalue weighted by Gasteiger charge is 2.45. The van der Waals surface area contributed by atoms with E-state index in [-0.39, 0.29) is 11.9 Å². The molecule has 2 saturated heterocycles. The molecule has 2 aliphatic heterocycles. The second kappa shape index (κ2) is 7.24. The molecule has 1 spiro atoms. The number of fused-ring (bicyclic) bond motifs is 1. The van der Waals surface area contributed by atoms with E-state index < -0.39 is 5.79 Å². The fourth-order valence-corrected chi connectivity index (χ4v) is 5.69. The molecule has 154 valence electrons. The number of para-hydroxylation sites is 1. The van der Waals surface area contributed by atoms with Gasteiger partial charge in [0, 0.05) is 0 Å². The third-order valence-corrected chi connectivity index (χ3v) is 6.98. The second-order valence-electron chi connectivity index (χ2n) is 7.58. The zero-order valence-corrected chi connectivity index (χ0v) is 17.4. The van der Waals surface area contributed by atoms with Crippen molar-refractivity contribution in [3.8, 4) is 11.6 Å². The van der Waals surface area contributed by atoms with Crippen molar-refractivity contribution in [2.24, 2.45) is 0 Å². The maximum atomic E-state index is 11.0. The molecule has 0 saturated carbocycles. The van der Waals surface area contributed by atoms with Crippen LogP contribution in [0.5, 0.6) is 11.6 Å². The van der Waals surface area contributed by atoms with Crippen LogP contribution in [-0.2, 0) is 9.47 Å². The van der Waals surface area contributed by atoms with Crippen molar-refractivity contribution in [2.45, 2.75) is 31.6 Å². The van der Waals surface area contributed by atoms with E-state index in [1.807, 2.05) is 25.1 Å². The summed E-state index contributed by atoms with van der Waals surface area (Å²) in [5.41, 5.74) is 1.05. The minimum atomic E-state index is -0.431. The van der Waals surface area contributed by atoms with Gasteiger partial charge in [-0.2, -0.15) is 4.52 Å². The van der Waals surface area contributed by atoms with E-state index in [1.54, 1.807) is 7.11 Å². The Labute approximate surface area is 172 Å². The normalized spacial score (nSPS) is 20.5. The predicted octanol–water partition coefficient (Wildman–Crippen LogP) is 1.32. The number of aryl methyl sites for hydroxylation is 1. The van der Waals surface area contributed by atoms with E-state index in [0.717, 1.165) is 42.1 Å². The lowest BCUT2D eigenvalue weighted by Gasteiger charge is -2.38. The molecule has 5 rings (SSSR count). The first-order chi connectivity index (χ1) is 14.1. The van der Waals surface area contributed by atoms with Crippen molar-refractivity contribution in [1.29, 1.82) is 0 Å². The number of hydrogen-bond acceptors (Lipinski definition) is 7. The Balaban J connectivity index is 1.56. The highest BCUT2D eigenvalue weighted by molar-refractivity contribution is 7.17. The molecule has 1 atom stereocenters. The molecule has 29 heavy (non-hydrogen) atoms. The molecule has 2 fully saturated rings. The van der Waals surface area contributed by atoms with Crippen molar-refractivity contribution in [2.75, 3.05) is 33.4 Å². The van der Waals surface area contributed by atoms with Gasteiger partial charge in [-0.1, -0.05) is 23.5 Å². The zero-order chi connectivity index (χ0) is 20.0. The number of thiazole rings is 1. The summed E-state index contributed by atoms with van der Waals surface area (Å²) in [7, 11) is 1.68. The summed E-state index contributed by atoms with van der Waals surface area (Å²) < 4.78 is 19.0. The molecule has 1 aromatic carbocycles. The van der Waals surface area contributed by atoms with E-state index in [1.165, 1.54) is 20.8 Å². The van der Waals surface area contributed by atoms with Crippen molar-refractivity contribution in [1.82, 2.24) is 14.6 Å². The zero-order valence-electron chi connectivity index (χ0n) is 16.6. The molecule has 4 heterocycles. The van der Waals surface area contributed by atoms with Crippen LogP contribution in [0.3, 0.4) is 0 Å². The van der Waals surface area contributed by atoms with Gasteiger partial charge in [0.1, 0.15) is 16.5 Å². The number of quaternary nitrogens is 1. The van der Waals surface area contributed by atoms with E-state index in [2.05, 4.69) is 16.1 Å². The van der Waals surface area contributed by atoms with E-state index in [9.17, 15) is 5.11 Å². The molecule has 0 amide bonds. The molecular formula is C20H25N4O4S+. The van der Waals surface area contributed by atoms with E-state index in [4.69, 9.17) is 14.2 Å². The van der Waals surface area contributed by atoms with Crippen LogP contribution in [0.25, 0.3) is 4.96 Å². The topological polar surface area (TPSA) is 82.6 Å². The van der Waals surface area contributed by atoms with Crippen LogP contribution in [0.4, 0.5) is 0 Å². The molecule has 8 nitrogen and oxygen atoms in total. The standard InChI is InChI=1S/C20H24N4O4S/c1-13-21-19-24(22-13)18(25)17(29-19)16(14-5-3-4-6-15(14)26-2)23-9-7-20(8-10-23)27-11-12-28-20/h3-6,16,25H,7-12H2,1-2H3/p+1/t16-/m1/s1. The highest BCUT2D eigenvalue weighted by atomic mass is 32.1. The molecule has 0 bridgehead atoms. The molecular weight excluding hydrogens is 392 g/mol. The monoisotopic (exact) mass is 417 g/mol. The Bertz CT molecular complexity index is 1020. The number of piperidine rings is 1. The van der Waals surface area contributed by atoms with Crippen LogP contribution in [0, 0.1) is 6.92 Å². The summed E-state index contributed by atoms with van der Waals surface area (Å²) in [6, 6.07) is 7.93. The van der Waals surface area contributed by atoms with Gasteiger partial charge in [0.2, 0.25) is 10.8 Å². The fraction of sp³-hybridized carbons (Fsp3) is 0.500. The van der Waals surface area contributed by atoms with Crippen LogP contribution < -0.4 is 9.64 Å². The molecule has 0 radical (unpaired) electrons. The number of nitrogens with one attached hydrogen (secondary N) is 1. The van der Waals surface area contributed by atoms with E-state index in [0.29, 0.717) is 24.0 Å². The van der Waals surface area contributed by atoms with Crippen LogP contribution >= 0.6 is 11.3 Å². The molecule has 0 unspecified atom stereocenters. The van der Waals surface area contributed by atoms with Crippen molar-refractivity contribution >= 4 is 16.3 Å². The maximum absolute atomic E-state index is 11.0. The lowest BCUT2D eigenvalue weighted by Crippen LogP contribution is -3.14. The molecule has 3 aromatic rings. The summed E-state index contributed by atoms with van der Waals surface area (Å²) in [6.07, 6.45) is 1.66. The largest absolute Gasteiger partial charge is 0.496 e. The number of ether oxygens (including phenoxy) is 3. The molecule has 0 aliphatic carbocycles. The van der Waals surface area contributed by atoms with Gasteiger partial charge >= 0.3 is 0 Å². The lowest BCUT2D eigenvalue weighted by atomic mass is 9.97. The number of aromatic nitrogens is 3. The van der Waals surface area contributed by atoms with Crippen molar-refractivity contribution in [3.63, 3.8) is 0 Å². The summed E-state index contributed by atoms with van der Waals surface area (Å²) in [6.45, 7) is 4.90. The Hall–Kier alpha value is -2.20. The number of benzene rings is 1. The number of aromatic hydroxyl groups is 1. The summed E-state index contributed by atoms with van der Waals surface area (Å²) >= 11 is 1.48. The van der Waals surface area contributed by atoms with Gasteiger partial charge in [-0.05, 0) is 19.1 Å². The van der Waals surface area contributed by atoms with E-state index >= 15 is 0 Å². The summed E-state index contributed by atoms with van der Waals surface area (Å²) in [5.74, 6) is 1.19. The van der Waals surface area contributed by atoms with Crippen LogP contribution in [-0.4, -0.2) is 58.9 Å². The van der Waals surface area contributed by atoms with Gasteiger partial charge in [0.25, 0.3) is 0 Å². The Morgan fingerprint density at radius 2 is 1.97 bits per heavy atom. The third-order valence-electron chi connectivity index (χ3n) is 5.89. The molecule has 2 N–H and O–H groups in total.